The van der Waals surface area contributed by atoms with Crippen LogP contribution < -0.4 is 5.32 Å². The average Bonchev–Trinajstić information content (AvgIpc) is 2.18. The second kappa shape index (κ2) is 4.61. The summed E-state index contributed by atoms with van der Waals surface area (Å²) in [5, 5.41) is 13.4. The third-order valence-electron chi connectivity index (χ3n) is 2.24. The Morgan fingerprint density at radius 3 is 2.44 bits per heavy atom. The van der Waals surface area contributed by atoms with E-state index in [1.807, 2.05) is 0 Å². The van der Waals surface area contributed by atoms with Crippen LogP contribution in [0.1, 0.15) is 18.1 Å². The van der Waals surface area contributed by atoms with Crippen LogP contribution in [0.4, 0.5) is 11.4 Å². The molecule has 0 bridgehead atoms. The van der Waals surface area contributed by atoms with Crippen LogP contribution in [0, 0.1) is 24.0 Å². The normalized spacial score (nSPS) is 10.0. The number of amides is 1. The van der Waals surface area contributed by atoms with E-state index in [1.165, 1.54) is 13.0 Å². The number of nitro benzene ring substituents is 1. The fraction of sp³-hybridized carbons (Fsp3) is 0.300. The van der Waals surface area contributed by atoms with Crippen molar-refractivity contribution in [3.63, 3.8) is 0 Å². The van der Waals surface area contributed by atoms with E-state index in [1.54, 1.807) is 13.8 Å². The molecule has 0 radical (unpaired) electrons. The van der Waals surface area contributed by atoms with E-state index in [9.17, 15) is 14.9 Å². The molecular formula is C10H11BrN2O3. The van der Waals surface area contributed by atoms with E-state index in [0.717, 1.165) is 5.56 Å². The molecule has 6 heteroatoms. The van der Waals surface area contributed by atoms with Gasteiger partial charge in [0, 0.05) is 23.0 Å². The van der Waals surface area contributed by atoms with Crippen molar-refractivity contribution in [2.24, 2.45) is 0 Å². The molecule has 86 valence electrons. The highest BCUT2D eigenvalue weighted by Gasteiger charge is 2.18. The molecule has 16 heavy (non-hydrogen) atoms. The van der Waals surface area contributed by atoms with Gasteiger partial charge in [-0.1, -0.05) is 0 Å². The Bertz CT molecular complexity index is 472. The van der Waals surface area contributed by atoms with E-state index in [-0.39, 0.29) is 11.6 Å². The molecule has 0 heterocycles. The van der Waals surface area contributed by atoms with Gasteiger partial charge in [-0.3, -0.25) is 14.9 Å². The van der Waals surface area contributed by atoms with Crippen LogP contribution in [0.3, 0.4) is 0 Å². The number of anilines is 1. The standard InChI is InChI=1S/C10H11BrN2O3/c1-5-8(12-7(3)14)4-9(13(15)16)6(2)10(5)11/h4H,1-3H3,(H,12,14). The highest BCUT2D eigenvalue weighted by molar-refractivity contribution is 9.10. The minimum atomic E-state index is -0.467. The number of nitrogens with zero attached hydrogens (tertiary/aromatic N) is 1. The average molecular weight is 287 g/mol. The molecule has 0 aliphatic rings. The van der Waals surface area contributed by atoms with Crippen LogP contribution in [-0.4, -0.2) is 10.8 Å². The molecule has 0 aliphatic carbocycles. The van der Waals surface area contributed by atoms with E-state index in [4.69, 9.17) is 0 Å². The van der Waals surface area contributed by atoms with Gasteiger partial charge in [-0.2, -0.15) is 0 Å². The van der Waals surface area contributed by atoms with Gasteiger partial charge in [0.25, 0.3) is 5.69 Å². The first-order chi connectivity index (χ1) is 7.34. The van der Waals surface area contributed by atoms with Gasteiger partial charge in [0.1, 0.15) is 0 Å². The maximum Gasteiger partial charge on any atom is 0.275 e. The van der Waals surface area contributed by atoms with Crippen LogP contribution in [-0.2, 0) is 4.79 Å². The summed E-state index contributed by atoms with van der Waals surface area (Å²) in [6.07, 6.45) is 0. The molecule has 1 N–H and O–H groups in total. The fourth-order valence-electron chi connectivity index (χ4n) is 1.37. The molecule has 1 aromatic carbocycles. The zero-order valence-corrected chi connectivity index (χ0v) is 10.7. The molecule has 0 atom stereocenters. The SMILES string of the molecule is CC(=O)Nc1cc([N+](=O)[O-])c(C)c(Br)c1C. The summed E-state index contributed by atoms with van der Waals surface area (Å²) in [7, 11) is 0. The molecule has 1 amide bonds. The van der Waals surface area contributed by atoms with Gasteiger partial charge in [0.15, 0.2) is 0 Å². The number of rotatable bonds is 2. The van der Waals surface area contributed by atoms with Crippen molar-refractivity contribution in [1.82, 2.24) is 0 Å². The fourth-order valence-corrected chi connectivity index (χ4v) is 1.79. The summed E-state index contributed by atoms with van der Waals surface area (Å²) < 4.78 is 0.644. The third-order valence-corrected chi connectivity index (χ3v) is 3.42. The molecule has 1 rings (SSSR count). The van der Waals surface area contributed by atoms with E-state index in [0.29, 0.717) is 15.7 Å². The minimum absolute atomic E-state index is 0.0128. The van der Waals surface area contributed by atoms with Gasteiger partial charge in [-0.25, -0.2) is 0 Å². The first kappa shape index (κ1) is 12.6. The minimum Gasteiger partial charge on any atom is -0.326 e. The van der Waals surface area contributed by atoms with Gasteiger partial charge in [0.2, 0.25) is 5.91 Å². The molecule has 0 saturated heterocycles. The lowest BCUT2D eigenvalue weighted by Gasteiger charge is -2.10. The number of hydrogen-bond acceptors (Lipinski definition) is 3. The summed E-state index contributed by atoms with van der Waals surface area (Å²) in [4.78, 5) is 21.3. The molecule has 1 aromatic rings. The van der Waals surface area contributed by atoms with E-state index < -0.39 is 4.92 Å². The molecule has 5 nitrogen and oxygen atoms in total. The second-order valence-electron chi connectivity index (χ2n) is 3.45. The Kier molecular flexibility index (Phi) is 3.64. The Balaban J connectivity index is 3.40. The highest BCUT2D eigenvalue weighted by Crippen LogP contribution is 2.34. The van der Waals surface area contributed by atoms with Crippen molar-refractivity contribution in [1.29, 1.82) is 0 Å². The van der Waals surface area contributed by atoms with Crippen molar-refractivity contribution in [2.45, 2.75) is 20.8 Å². The van der Waals surface area contributed by atoms with Crippen LogP contribution >= 0.6 is 15.9 Å². The van der Waals surface area contributed by atoms with Gasteiger partial charge < -0.3 is 5.32 Å². The first-order valence-electron chi connectivity index (χ1n) is 4.56. The van der Waals surface area contributed by atoms with Gasteiger partial charge in [-0.05, 0) is 35.3 Å². The predicted molar refractivity (Wildman–Crippen MR) is 64.6 cm³/mol. The lowest BCUT2D eigenvalue weighted by Crippen LogP contribution is -2.08. The molecule has 0 spiro atoms. The molecular weight excluding hydrogens is 276 g/mol. The smallest absolute Gasteiger partial charge is 0.275 e. The third kappa shape index (κ3) is 2.38. The quantitative estimate of drug-likeness (QED) is 0.671. The molecule has 0 fully saturated rings. The molecule has 0 aromatic heterocycles. The number of halogens is 1. The maximum absolute atomic E-state index is 10.9. The number of nitrogens with one attached hydrogen (secondary N) is 1. The molecule has 0 unspecified atom stereocenters. The first-order valence-corrected chi connectivity index (χ1v) is 5.35. The van der Waals surface area contributed by atoms with Gasteiger partial charge in [0.05, 0.1) is 10.6 Å². The summed E-state index contributed by atoms with van der Waals surface area (Å²) in [5.74, 6) is -0.256. The van der Waals surface area contributed by atoms with Crippen molar-refractivity contribution in [2.75, 3.05) is 5.32 Å². The maximum atomic E-state index is 10.9. The van der Waals surface area contributed by atoms with E-state index in [2.05, 4.69) is 21.2 Å². The van der Waals surface area contributed by atoms with Crippen LogP contribution in [0.25, 0.3) is 0 Å². The molecule has 0 aliphatic heterocycles. The van der Waals surface area contributed by atoms with Crippen LogP contribution in [0.5, 0.6) is 0 Å². The van der Waals surface area contributed by atoms with Crippen molar-refractivity contribution in [3.05, 3.63) is 31.8 Å². The Labute approximate surface area is 101 Å². The monoisotopic (exact) mass is 286 g/mol. The topological polar surface area (TPSA) is 72.2 Å². The largest absolute Gasteiger partial charge is 0.326 e. The second-order valence-corrected chi connectivity index (χ2v) is 4.24. The Morgan fingerprint density at radius 2 is 2.00 bits per heavy atom. The van der Waals surface area contributed by atoms with Crippen molar-refractivity contribution >= 4 is 33.2 Å². The number of benzene rings is 1. The summed E-state index contributed by atoms with van der Waals surface area (Å²) in [6, 6.07) is 1.37. The highest BCUT2D eigenvalue weighted by atomic mass is 79.9. The zero-order chi connectivity index (χ0) is 12.5. The number of hydrogen-bond donors (Lipinski definition) is 1. The summed E-state index contributed by atoms with van der Waals surface area (Å²) in [5.41, 5.74) is 1.77. The van der Waals surface area contributed by atoms with E-state index >= 15 is 0 Å². The van der Waals surface area contributed by atoms with Gasteiger partial charge in [-0.15, -0.1) is 0 Å². The predicted octanol–water partition coefficient (Wildman–Crippen LogP) is 2.93. The molecule has 0 saturated carbocycles. The lowest BCUT2D eigenvalue weighted by atomic mass is 10.1. The lowest BCUT2D eigenvalue weighted by molar-refractivity contribution is -0.385. The Hall–Kier alpha value is -1.43. The number of carbonyl (C=O) groups is 1. The van der Waals surface area contributed by atoms with Crippen molar-refractivity contribution < 1.29 is 9.72 Å². The summed E-state index contributed by atoms with van der Waals surface area (Å²) >= 11 is 3.28. The number of carbonyl (C=O) groups excluding carboxylic acids is 1. The van der Waals surface area contributed by atoms with Crippen LogP contribution in [0.2, 0.25) is 0 Å². The summed E-state index contributed by atoms with van der Waals surface area (Å²) in [6.45, 7) is 4.80. The zero-order valence-electron chi connectivity index (χ0n) is 9.13. The van der Waals surface area contributed by atoms with Crippen molar-refractivity contribution in [3.8, 4) is 0 Å². The number of nitro groups is 1. The van der Waals surface area contributed by atoms with Gasteiger partial charge >= 0.3 is 0 Å². The Morgan fingerprint density at radius 1 is 1.44 bits per heavy atom. The van der Waals surface area contributed by atoms with Crippen LogP contribution in [0.15, 0.2) is 10.5 Å².